The Bertz CT molecular complexity index is 734. The molecular formula is C19H23N3O2. The zero-order valence-electron chi connectivity index (χ0n) is 13.8. The first-order chi connectivity index (χ1) is 11.8. The van der Waals surface area contributed by atoms with Gasteiger partial charge in [-0.1, -0.05) is 37.1 Å². The predicted octanol–water partition coefficient (Wildman–Crippen LogP) is 2.73. The molecule has 5 nitrogen and oxygen atoms in total. The number of aliphatic hydroxyl groups is 1. The van der Waals surface area contributed by atoms with Gasteiger partial charge in [0.05, 0.1) is 18.7 Å². The molecule has 126 valence electrons. The maximum absolute atomic E-state index is 12.9. The molecule has 5 heteroatoms. The molecule has 1 aliphatic heterocycles. The summed E-state index contributed by atoms with van der Waals surface area (Å²) in [5.41, 5.74) is 2.76. The standard InChI is InChI=1S/C19H23N3O2/c23-13-18-16-8-4-1-5-14(16)9-11-21(18)19(24)17-10-12-22(20-17)15-6-2-3-7-15/h1,4-5,8,10,12,15,18,23H,2-3,6-7,9,11,13H2/t18-/m1/s1. The van der Waals surface area contributed by atoms with E-state index in [1.807, 2.05) is 35.1 Å². The minimum Gasteiger partial charge on any atom is -0.394 e. The fourth-order valence-corrected chi connectivity index (χ4v) is 4.06. The number of aliphatic hydroxyl groups excluding tert-OH is 1. The summed E-state index contributed by atoms with van der Waals surface area (Å²) < 4.78 is 1.95. The summed E-state index contributed by atoms with van der Waals surface area (Å²) in [6, 6.07) is 10.0. The van der Waals surface area contributed by atoms with Crippen molar-refractivity contribution in [1.82, 2.24) is 14.7 Å². The quantitative estimate of drug-likeness (QED) is 0.944. The first-order valence-electron chi connectivity index (χ1n) is 8.82. The van der Waals surface area contributed by atoms with Crippen LogP contribution in [-0.4, -0.2) is 38.8 Å². The van der Waals surface area contributed by atoms with Crippen LogP contribution in [0.3, 0.4) is 0 Å². The van der Waals surface area contributed by atoms with Crippen molar-refractivity contribution in [2.45, 2.75) is 44.2 Å². The second kappa shape index (κ2) is 6.40. The Morgan fingerprint density at radius 1 is 1.21 bits per heavy atom. The van der Waals surface area contributed by atoms with Crippen LogP contribution in [0.5, 0.6) is 0 Å². The lowest BCUT2D eigenvalue weighted by atomic mass is 9.93. The highest BCUT2D eigenvalue weighted by Gasteiger charge is 2.32. The fraction of sp³-hybridized carbons (Fsp3) is 0.474. The van der Waals surface area contributed by atoms with E-state index in [1.54, 1.807) is 4.90 Å². The van der Waals surface area contributed by atoms with Gasteiger partial charge in [-0.3, -0.25) is 9.48 Å². The van der Waals surface area contributed by atoms with Crippen molar-refractivity contribution in [1.29, 1.82) is 0 Å². The van der Waals surface area contributed by atoms with Gasteiger partial charge >= 0.3 is 0 Å². The molecule has 1 atom stereocenters. The number of amides is 1. The number of hydrogen-bond donors (Lipinski definition) is 1. The van der Waals surface area contributed by atoms with E-state index in [0.717, 1.165) is 24.8 Å². The van der Waals surface area contributed by atoms with E-state index < -0.39 is 0 Å². The molecule has 2 aromatic rings. The zero-order chi connectivity index (χ0) is 16.5. The van der Waals surface area contributed by atoms with Crippen LogP contribution >= 0.6 is 0 Å². The third-order valence-corrected chi connectivity index (χ3v) is 5.37. The van der Waals surface area contributed by atoms with E-state index in [-0.39, 0.29) is 18.6 Å². The smallest absolute Gasteiger partial charge is 0.274 e. The van der Waals surface area contributed by atoms with Crippen molar-refractivity contribution < 1.29 is 9.90 Å². The maximum atomic E-state index is 12.9. The van der Waals surface area contributed by atoms with Crippen LogP contribution in [0.4, 0.5) is 0 Å². The summed E-state index contributed by atoms with van der Waals surface area (Å²) in [5, 5.41) is 14.4. The van der Waals surface area contributed by atoms with Crippen LogP contribution in [0.15, 0.2) is 36.5 Å². The highest BCUT2D eigenvalue weighted by atomic mass is 16.3. The number of benzene rings is 1. The summed E-state index contributed by atoms with van der Waals surface area (Å²) in [7, 11) is 0. The second-order valence-electron chi connectivity index (χ2n) is 6.77. The Balaban J connectivity index is 1.58. The van der Waals surface area contributed by atoms with E-state index in [1.165, 1.54) is 18.4 Å². The van der Waals surface area contributed by atoms with E-state index in [9.17, 15) is 9.90 Å². The summed E-state index contributed by atoms with van der Waals surface area (Å²) >= 11 is 0. The van der Waals surface area contributed by atoms with Gasteiger partial charge in [0.15, 0.2) is 0 Å². The van der Waals surface area contributed by atoms with Gasteiger partial charge in [-0.15, -0.1) is 0 Å². The van der Waals surface area contributed by atoms with Crippen molar-refractivity contribution in [3.05, 3.63) is 53.3 Å². The average Bonchev–Trinajstić information content (AvgIpc) is 3.31. The lowest BCUT2D eigenvalue weighted by Gasteiger charge is -2.36. The largest absolute Gasteiger partial charge is 0.394 e. The molecule has 1 aromatic heterocycles. The van der Waals surface area contributed by atoms with Crippen molar-refractivity contribution >= 4 is 5.91 Å². The SMILES string of the molecule is O=C(c1ccn(C2CCCC2)n1)N1CCc2ccccc2[C@H]1CO. The number of fused-ring (bicyclic) bond motifs is 1. The van der Waals surface area contributed by atoms with Crippen molar-refractivity contribution in [2.75, 3.05) is 13.2 Å². The summed E-state index contributed by atoms with van der Waals surface area (Å²) in [6.45, 7) is 0.559. The molecule has 24 heavy (non-hydrogen) atoms. The van der Waals surface area contributed by atoms with Crippen molar-refractivity contribution in [3.8, 4) is 0 Å². The Morgan fingerprint density at radius 3 is 2.79 bits per heavy atom. The molecule has 1 fully saturated rings. The number of hydrogen-bond acceptors (Lipinski definition) is 3. The minimum atomic E-state index is -0.279. The Labute approximate surface area is 141 Å². The highest BCUT2D eigenvalue weighted by Crippen LogP contribution is 2.31. The first-order valence-corrected chi connectivity index (χ1v) is 8.82. The van der Waals surface area contributed by atoms with Crippen LogP contribution in [0.25, 0.3) is 0 Å². The van der Waals surface area contributed by atoms with Gasteiger partial charge in [-0.25, -0.2) is 0 Å². The first kappa shape index (κ1) is 15.4. The molecule has 2 aliphatic rings. The summed E-state index contributed by atoms with van der Waals surface area (Å²) in [6.07, 6.45) is 7.51. The topological polar surface area (TPSA) is 58.4 Å². The molecule has 1 aliphatic carbocycles. The highest BCUT2D eigenvalue weighted by molar-refractivity contribution is 5.92. The van der Waals surface area contributed by atoms with Crippen LogP contribution in [0, 0.1) is 0 Å². The van der Waals surface area contributed by atoms with E-state index in [4.69, 9.17) is 0 Å². The minimum absolute atomic E-state index is 0.0634. The summed E-state index contributed by atoms with van der Waals surface area (Å²) in [4.78, 5) is 14.7. The molecule has 0 spiro atoms. The zero-order valence-corrected chi connectivity index (χ0v) is 13.8. The van der Waals surface area contributed by atoms with Gasteiger partial charge in [0.25, 0.3) is 5.91 Å². The number of rotatable bonds is 3. The number of carbonyl (C=O) groups excluding carboxylic acids is 1. The van der Waals surface area contributed by atoms with E-state index >= 15 is 0 Å². The molecule has 1 saturated carbocycles. The van der Waals surface area contributed by atoms with Gasteiger partial charge in [0.2, 0.25) is 0 Å². The predicted molar refractivity (Wildman–Crippen MR) is 90.7 cm³/mol. The van der Waals surface area contributed by atoms with Gasteiger partial charge in [-0.2, -0.15) is 5.10 Å². The molecule has 0 unspecified atom stereocenters. The number of aromatic nitrogens is 2. The molecular weight excluding hydrogens is 302 g/mol. The van der Waals surface area contributed by atoms with Crippen LogP contribution < -0.4 is 0 Å². The van der Waals surface area contributed by atoms with E-state index in [2.05, 4.69) is 11.2 Å². The maximum Gasteiger partial charge on any atom is 0.274 e. The summed E-state index contributed by atoms with van der Waals surface area (Å²) in [5.74, 6) is -0.0831. The van der Waals surface area contributed by atoms with Gasteiger partial charge in [0.1, 0.15) is 5.69 Å². The van der Waals surface area contributed by atoms with Crippen LogP contribution in [-0.2, 0) is 6.42 Å². The van der Waals surface area contributed by atoms with Gasteiger partial charge < -0.3 is 10.0 Å². The van der Waals surface area contributed by atoms with Crippen molar-refractivity contribution in [3.63, 3.8) is 0 Å². The molecule has 2 heterocycles. The fourth-order valence-electron chi connectivity index (χ4n) is 4.06. The van der Waals surface area contributed by atoms with Crippen molar-refractivity contribution in [2.24, 2.45) is 0 Å². The lowest BCUT2D eigenvalue weighted by Crippen LogP contribution is -2.41. The average molecular weight is 325 g/mol. The van der Waals surface area contributed by atoms with E-state index in [0.29, 0.717) is 18.3 Å². The van der Waals surface area contributed by atoms with Crippen LogP contribution in [0.1, 0.15) is 59.4 Å². The third-order valence-electron chi connectivity index (χ3n) is 5.37. The Hall–Kier alpha value is -2.14. The van der Waals surface area contributed by atoms with Gasteiger partial charge in [-0.05, 0) is 36.5 Å². The molecule has 1 aromatic carbocycles. The molecule has 1 amide bonds. The third kappa shape index (κ3) is 2.63. The monoisotopic (exact) mass is 325 g/mol. The number of nitrogens with zero attached hydrogens (tertiary/aromatic N) is 3. The number of carbonyl (C=O) groups is 1. The molecule has 0 saturated heterocycles. The second-order valence-corrected chi connectivity index (χ2v) is 6.77. The molecule has 0 radical (unpaired) electrons. The normalized spacial score (nSPS) is 21.0. The Morgan fingerprint density at radius 2 is 2.00 bits per heavy atom. The van der Waals surface area contributed by atoms with Gasteiger partial charge in [0, 0.05) is 12.7 Å². The molecule has 1 N–H and O–H groups in total. The lowest BCUT2D eigenvalue weighted by molar-refractivity contribution is 0.0561. The molecule has 0 bridgehead atoms. The molecule has 4 rings (SSSR count). The van der Waals surface area contributed by atoms with Crippen LogP contribution in [0.2, 0.25) is 0 Å². The Kier molecular flexibility index (Phi) is 4.10.